The molecule has 14 nitrogen and oxygen atoms in total. The molecule has 1 heterocycles. The van der Waals surface area contributed by atoms with Crippen molar-refractivity contribution in [3.05, 3.63) is 12.2 Å². The van der Waals surface area contributed by atoms with Crippen LogP contribution in [0.2, 0.25) is 0 Å². The number of hydrogen-bond donors (Lipinski definition) is 7. The van der Waals surface area contributed by atoms with Crippen LogP contribution >= 0.6 is 0 Å². The van der Waals surface area contributed by atoms with Crippen LogP contribution in [-0.2, 0) is 33.5 Å². The van der Waals surface area contributed by atoms with Gasteiger partial charge < -0.3 is 42.6 Å². The Labute approximate surface area is 241 Å². The molecule has 9 N–H and O–H groups in total. The van der Waals surface area contributed by atoms with Gasteiger partial charge in [-0.2, -0.15) is 13.2 Å². The minimum absolute atomic E-state index is 0.0133. The van der Waals surface area contributed by atoms with Crippen molar-refractivity contribution in [2.45, 2.75) is 89.1 Å². The predicted molar refractivity (Wildman–Crippen MR) is 143 cm³/mol. The average molecular weight is 611 g/mol. The number of ether oxygens (including phenoxy) is 1. The smallest absolute Gasteiger partial charge is 0.475 e. The van der Waals surface area contributed by atoms with E-state index in [-0.39, 0.29) is 31.4 Å². The van der Waals surface area contributed by atoms with E-state index >= 15 is 0 Å². The molecular formula is C25H41F3N6O8. The van der Waals surface area contributed by atoms with Crippen molar-refractivity contribution in [3.8, 4) is 0 Å². The van der Waals surface area contributed by atoms with Gasteiger partial charge in [0.2, 0.25) is 23.6 Å². The monoisotopic (exact) mass is 610 g/mol. The number of carbonyl (C=O) groups is 6. The van der Waals surface area contributed by atoms with Crippen LogP contribution in [0, 0.1) is 0 Å². The largest absolute Gasteiger partial charge is 0.490 e. The molecule has 0 aromatic rings. The first-order valence-electron chi connectivity index (χ1n) is 13.4. The van der Waals surface area contributed by atoms with Gasteiger partial charge in [0.05, 0.1) is 12.6 Å². The van der Waals surface area contributed by atoms with Crippen LogP contribution in [0.15, 0.2) is 12.2 Å². The first-order chi connectivity index (χ1) is 19.6. The Kier molecular flexibility index (Phi) is 18.4. The van der Waals surface area contributed by atoms with Crippen LogP contribution in [0.1, 0.15) is 58.8 Å². The van der Waals surface area contributed by atoms with Gasteiger partial charge in [0.1, 0.15) is 12.1 Å². The third-order valence-corrected chi connectivity index (χ3v) is 5.73. The van der Waals surface area contributed by atoms with Crippen LogP contribution in [-0.4, -0.2) is 90.7 Å². The van der Waals surface area contributed by atoms with Crippen molar-refractivity contribution in [2.75, 3.05) is 19.7 Å². The zero-order valence-electron chi connectivity index (χ0n) is 23.6. The van der Waals surface area contributed by atoms with Gasteiger partial charge in [-0.3, -0.25) is 19.2 Å². The summed E-state index contributed by atoms with van der Waals surface area (Å²) in [4.78, 5) is 69.9. The second-order valence-corrected chi connectivity index (χ2v) is 9.26. The number of unbranched alkanes of at least 4 members (excludes halogenated alkanes) is 1. The molecule has 0 aromatic heterocycles. The lowest BCUT2D eigenvalue weighted by molar-refractivity contribution is -0.192. The molecule has 1 aliphatic heterocycles. The molecule has 0 spiro atoms. The number of rotatable bonds is 16. The van der Waals surface area contributed by atoms with E-state index in [4.69, 9.17) is 26.1 Å². The first-order valence-corrected chi connectivity index (χ1v) is 13.4. The van der Waals surface area contributed by atoms with Gasteiger partial charge in [-0.1, -0.05) is 6.08 Å². The standard InChI is InChI=1S/C23H40N6O6.C2HF3O2/c1-3-35-20(31)12-10-16(9-11-19(25)30)28-23(34)18(7-4-5-13-24)29-21(32)15(2)27-22(33)17-8-6-14-26-17;3-2(4,5)1(6)7/h10,12,15-18,26H,3-9,11,13-14,24H2,1-2H3,(H2,25,30)(H,27,33)(H,28,34)(H,29,32);(H,6,7)/b12-10+;/t15-,16-,17-,18-;/m0./s1. The van der Waals surface area contributed by atoms with Gasteiger partial charge in [0, 0.05) is 18.5 Å². The first kappa shape index (κ1) is 38.3. The van der Waals surface area contributed by atoms with E-state index in [1.54, 1.807) is 13.8 Å². The number of alkyl halides is 3. The summed E-state index contributed by atoms with van der Waals surface area (Å²) in [7, 11) is 0. The molecule has 4 amide bonds. The molecular weight excluding hydrogens is 569 g/mol. The second kappa shape index (κ2) is 20.2. The van der Waals surface area contributed by atoms with Gasteiger partial charge >= 0.3 is 18.1 Å². The van der Waals surface area contributed by atoms with Gasteiger partial charge in [0.25, 0.3) is 0 Å². The van der Waals surface area contributed by atoms with Gasteiger partial charge in [0.15, 0.2) is 0 Å². The SMILES string of the molecule is CCOC(=O)/C=C/[C@H](CCC(N)=O)NC(=O)[C@H](CCCCN)NC(=O)[C@H](C)NC(=O)[C@@H]1CCCN1.O=C(O)C(F)(F)F. The molecule has 0 bridgehead atoms. The van der Waals surface area contributed by atoms with Crippen LogP contribution < -0.4 is 32.7 Å². The maximum atomic E-state index is 13.0. The summed E-state index contributed by atoms with van der Waals surface area (Å²) >= 11 is 0. The minimum Gasteiger partial charge on any atom is -0.475 e. The number of carbonyl (C=O) groups excluding carboxylic acids is 5. The van der Waals surface area contributed by atoms with E-state index in [0.717, 1.165) is 13.0 Å². The summed E-state index contributed by atoms with van der Waals surface area (Å²) < 4.78 is 36.6. The summed E-state index contributed by atoms with van der Waals surface area (Å²) in [5.74, 6) is -5.14. The Morgan fingerprint density at radius 1 is 1.07 bits per heavy atom. The fourth-order valence-electron chi connectivity index (χ4n) is 3.53. The van der Waals surface area contributed by atoms with Crippen molar-refractivity contribution < 1.29 is 51.8 Å². The Hall–Kier alpha value is -3.73. The molecule has 0 unspecified atom stereocenters. The summed E-state index contributed by atoms with van der Waals surface area (Å²) in [6.07, 6.45) is 0.839. The summed E-state index contributed by atoms with van der Waals surface area (Å²) in [6, 6.07) is -2.75. The molecule has 0 saturated carbocycles. The van der Waals surface area contributed by atoms with Gasteiger partial charge in [-0.25, -0.2) is 9.59 Å². The Bertz CT molecular complexity index is 942. The summed E-state index contributed by atoms with van der Waals surface area (Å²) in [5.41, 5.74) is 10.8. The normalized spacial score (nSPS) is 16.8. The number of halogens is 3. The lowest BCUT2D eigenvalue weighted by Crippen LogP contribution is -2.55. The van der Waals surface area contributed by atoms with Gasteiger partial charge in [-0.05, 0) is 65.5 Å². The van der Waals surface area contributed by atoms with E-state index < -0.39 is 54.0 Å². The zero-order chi connectivity index (χ0) is 32.3. The van der Waals surface area contributed by atoms with Crippen molar-refractivity contribution in [1.82, 2.24) is 21.3 Å². The molecule has 0 radical (unpaired) electrons. The van der Waals surface area contributed by atoms with Crippen LogP contribution in [0.3, 0.4) is 0 Å². The van der Waals surface area contributed by atoms with Crippen molar-refractivity contribution in [3.63, 3.8) is 0 Å². The minimum atomic E-state index is -5.08. The highest BCUT2D eigenvalue weighted by atomic mass is 19.4. The fraction of sp³-hybridized carbons (Fsp3) is 0.680. The summed E-state index contributed by atoms with van der Waals surface area (Å²) in [5, 5.41) is 18.3. The van der Waals surface area contributed by atoms with Crippen LogP contribution in [0.25, 0.3) is 0 Å². The van der Waals surface area contributed by atoms with Crippen LogP contribution in [0.5, 0.6) is 0 Å². The molecule has 4 atom stereocenters. The lowest BCUT2D eigenvalue weighted by Gasteiger charge is -2.24. The molecule has 0 aliphatic carbocycles. The molecule has 1 rings (SSSR count). The maximum Gasteiger partial charge on any atom is 0.490 e. The molecule has 1 fully saturated rings. The summed E-state index contributed by atoms with van der Waals surface area (Å²) in [6.45, 7) is 4.60. The van der Waals surface area contributed by atoms with E-state index in [0.29, 0.717) is 32.2 Å². The lowest BCUT2D eigenvalue weighted by atomic mass is 10.1. The number of esters is 1. The van der Waals surface area contributed by atoms with E-state index in [1.165, 1.54) is 12.2 Å². The highest BCUT2D eigenvalue weighted by Crippen LogP contribution is 2.13. The third kappa shape index (κ3) is 17.2. The highest BCUT2D eigenvalue weighted by Gasteiger charge is 2.38. The number of nitrogens with one attached hydrogen (secondary N) is 4. The Morgan fingerprint density at radius 2 is 1.71 bits per heavy atom. The van der Waals surface area contributed by atoms with E-state index in [9.17, 15) is 37.1 Å². The third-order valence-electron chi connectivity index (χ3n) is 5.73. The molecule has 1 aliphatic rings. The molecule has 240 valence electrons. The molecule has 42 heavy (non-hydrogen) atoms. The maximum absolute atomic E-state index is 13.0. The molecule has 1 saturated heterocycles. The van der Waals surface area contributed by atoms with E-state index in [1.807, 2.05) is 0 Å². The number of primary amides is 1. The number of amides is 4. The topological polar surface area (TPSA) is 232 Å². The predicted octanol–water partition coefficient (Wildman–Crippen LogP) is -0.640. The van der Waals surface area contributed by atoms with Crippen molar-refractivity contribution in [1.29, 1.82) is 0 Å². The van der Waals surface area contributed by atoms with Crippen molar-refractivity contribution in [2.24, 2.45) is 11.5 Å². The number of carboxylic acid groups (broad SMARTS) is 1. The van der Waals surface area contributed by atoms with Gasteiger partial charge in [-0.15, -0.1) is 0 Å². The number of carboxylic acids is 1. The van der Waals surface area contributed by atoms with E-state index in [2.05, 4.69) is 21.3 Å². The second-order valence-electron chi connectivity index (χ2n) is 9.26. The number of nitrogens with two attached hydrogens (primary N) is 2. The number of hydrogen-bond acceptors (Lipinski definition) is 9. The Morgan fingerprint density at radius 3 is 2.21 bits per heavy atom. The molecule has 17 heteroatoms. The highest BCUT2D eigenvalue weighted by molar-refractivity contribution is 5.93. The molecule has 0 aromatic carbocycles. The fourth-order valence-corrected chi connectivity index (χ4v) is 3.53. The number of aliphatic carboxylic acids is 1. The quantitative estimate of drug-likeness (QED) is 0.0663. The average Bonchev–Trinajstić information content (AvgIpc) is 3.45. The Balaban J connectivity index is 0.00000212. The van der Waals surface area contributed by atoms with Crippen LogP contribution in [0.4, 0.5) is 13.2 Å². The zero-order valence-corrected chi connectivity index (χ0v) is 23.6. The van der Waals surface area contributed by atoms with Crippen molar-refractivity contribution >= 4 is 35.6 Å².